The van der Waals surface area contributed by atoms with E-state index in [4.69, 9.17) is 5.11 Å². The number of aliphatic hydroxyl groups is 1. The van der Waals surface area contributed by atoms with Gasteiger partial charge >= 0.3 is 23.1 Å². The van der Waals surface area contributed by atoms with E-state index in [0.29, 0.717) is 0 Å². The molecule has 0 amide bonds. The molecule has 0 saturated carbocycles. The first kappa shape index (κ1) is 22.0. The van der Waals surface area contributed by atoms with Crippen molar-refractivity contribution in [1.82, 2.24) is 0 Å². The van der Waals surface area contributed by atoms with Gasteiger partial charge in [0, 0.05) is 12.7 Å². The summed E-state index contributed by atoms with van der Waals surface area (Å²) in [7, 11) is 1.00. The number of rotatable bonds is 6. The first-order valence-electron chi connectivity index (χ1n) is 5.34. The number of hydrogen-bond donors (Lipinski definition) is 2. The third-order valence-electron chi connectivity index (χ3n) is 1.79. The fourth-order valence-electron chi connectivity index (χ4n) is 0.750. The maximum absolute atomic E-state index is 13.4. The van der Waals surface area contributed by atoms with Gasteiger partial charge in [-0.2, -0.15) is 17.6 Å². The van der Waals surface area contributed by atoms with E-state index in [-0.39, 0.29) is 5.57 Å². The first-order valence-corrected chi connectivity index (χ1v) is 5.79. The predicted octanol–water partition coefficient (Wildman–Crippen LogP) is 1.80. The van der Waals surface area contributed by atoms with E-state index >= 15 is 0 Å². The second kappa shape index (κ2) is 8.88. The zero-order valence-electron chi connectivity index (χ0n) is 11.5. The van der Waals surface area contributed by atoms with Gasteiger partial charge in [0.25, 0.3) is 0 Å². The van der Waals surface area contributed by atoms with Crippen LogP contribution in [0.3, 0.4) is 0 Å². The Kier molecular flexibility index (Phi) is 9.30. The summed E-state index contributed by atoms with van der Waals surface area (Å²) in [5.41, 5.74) is -0.155. The van der Waals surface area contributed by atoms with Crippen molar-refractivity contribution in [2.45, 2.75) is 31.1 Å². The molecule has 0 fully saturated rings. The van der Waals surface area contributed by atoms with Crippen molar-refractivity contribution in [1.29, 1.82) is 0 Å². The van der Waals surface area contributed by atoms with Crippen LogP contribution in [0.1, 0.15) is 13.8 Å². The van der Waals surface area contributed by atoms with Crippen LogP contribution in [0.2, 0.25) is 0 Å². The number of carbonyl (C=O) groups is 2. The number of ether oxygens (including phenoxy) is 2. The molecule has 0 bridgehead atoms. The Morgan fingerprint density at radius 1 is 1.29 bits per heavy atom. The summed E-state index contributed by atoms with van der Waals surface area (Å²) in [6, 6.07) is 0. The minimum Gasteiger partial charge on any atom is -0.454 e. The maximum atomic E-state index is 13.4. The minimum absolute atomic E-state index is 0.155. The zero-order chi connectivity index (χ0) is 17.4. The first-order chi connectivity index (χ1) is 9.38. The van der Waals surface area contributed by atoms with Crippen LogP contribution in [0.4, 0.5) is 17.6 Å². The van der Waals surface area contributed by atoms with Gasteiger partial charge in [-0.05, 0) is 13.8 Å². The van der Waals surface area contributed by atoms with Gasteiger partial charge in [-0.1, -0.05) is 6.58 Å². The van der Waals surface area contributed by atoms with E-state index in [1.165, 1.54) is 6.92 Å². The average Bonchev–Trinajstić information content (AvgIpc) is 2.36. The van der Waals surface area contributed by atoms with Crippen LogP contribution in [0, 0.1) is 0 Å². The number of hydrogen-bond acceptors (Lipinski definition) is 6. The molecular formula is C11H16F4O5S. The summed E-state index contributed by atoms with van der Waals surface area (Å²) < 4.78 is 59.1. The average molecular weight is 336 g/mol. The second-order valence-corrected chi connectivity index (χ2v) is 4.35. The molecule has 21 heavy (non-hydrogen) atoms. The van der Waals surface area contributed by atoms with Crippen LogP contribution in [-0.2, 0) is 19.1 Å². The molecule has 10 heteroatoms. The molecular weight excluding hydrogens is 320 g/mol. The van der Waals surface area contributed by atoms with Gasteiger partial charge in [0.05, 0.1) is 0 Å². The molecule has 0 aromatic heterocycles. The number of thiol groups is 1. The summed E-state index contributed by atoms with van der Waals surface area (Å²) in [6.45, 7) is 3.48. The van der Waals surface area contributed by atoms with Gasteiger partial charge in [0.2, 0.25) is 0 Å². The van der Waals surface area contributed by atoms with Crippen LogP contribution in [0.25, 0.3) is 0 Å². The van der Waals surface area contributed by atoms with Crippen LogP contribution >= 0.6 is 12.6 Å². The molecule has 5 nitrogen and oxygen atoms in total. The van der Waals surface area contributed by atoms with Crippen molar-refractivity contribution in [2.75, 3.05) is 13.7 Å². The van der Waals surface area contributed by atoms with Crippen molar-refractivity contribution in [3.8, 4) is 0 Å². The molecule has 0 aromatic carbocycles. The summed E-state index contributed by atoms with van der Waals surface area (Å²) in [6.07, 6.45) is -2.18. The van der Waals surface area contributed by atoms with Crippen molar-refractivity contribution in [3.05, 3.63) is 12.2 Å². The highest BCUT2D eigenvalue weighted by Gasteiger charge is 2.49. The Bertz CT molecular complexity index is 381. The summed E-state index contributed by atoms with van der Waals surface area (Å²) in [4.78, 5) is 22.0. The topological polar surface area (TPSA) is 72.8 Å². The molecule has 124 valence electrons. The number of esters is 2. The van der Waals surface area contributed by atoms with Crippen LogP contribution in [0.15, 0.2) is 12.2 Å². The van der Waals surface area contributed by atoms with Crippen LogP contribution in [-0.4, -0.2) is 48.0 Å². The molecule has 0 aliphatic rings. The number of aliphatic hydroxyl groups excluding tert-OH is 1. The highest BCUT2D eigenvalue weighted by atomic mass is 32.1. The van der Waals surface area contributed by atoms with Crippen molar-refractivity contribution in [3.63, 3.8) is 0 Å². The Labute approximate surface area is 124 Å². The minimum atomic E-state index is -4.26. The molecule has 0 aliphatic carbocycles. The smallest absolute Gasteiger partial charge is 0.381 e. The van der Waals surface area contributed by atoms with E-state index in [1.54, 1.807) is 0 Å². The SMILES string of the molecule is C=C(C)C(=O)OC(C)C(F)(F)C(=O)OCC(F)(F)S.CO. The molecule has 0 spiro atoms. The molecule has 0 aliphatic heterocycles. The second-order valence-electron chi connectivity index (χ2n) is 3.69. The normalized spacial score (nSPS) is 12.6. The van der Waals surface area contributed by atoms with Gasteiger partial charge in [-0.3, -0.25) is 0 Å². The molecule has 0 radical (unpaired) electrons. The van der Waals surface area contributed by atoms with E-state index in [2.05, 4.69) is 28.7 Å². The lowest BCUT2D eigenvalue weighted by Crippen LogP contribution is -2.44. The third kappa shape index (κ3) is 8.56. The summed E-state index contributed by atoms with van der Waals surface area (Å²) in [5.74, 6) is -7.63. The molecule has 0 heterocycles. The Morgan fingerprint density at radius 3 is 2.05 bits per heavy atom. The molecule has 1 N–H and O–H groups in total. The largest absolute Gasteiger partial charge is 0.454 e. The van der Waals surface area contributed by atoms with Crippen molar-refractivity contribution < 1.29 is 41.7 Å². The standard InChI is InChI=1S/C10H12F4O4S.CH4O/c1-5(2)7(15)18-6(3)10(13,14)8(16)17-4-9(11,12)19;1-2/h6,19H,1,4H2,2-3H3;2H,1H3. The predicted molar refractivity (Wildman–Crippen MR) is 68.3 cm³/mol. The highest BCUT2D eigenvalue weighted by Crippen LogP contribution is 2.26. The number of halogens is 4. The third-order valence-corrected chi connectivity index (χ3v) is 1.92. The van der Waals surface area contributed by atoms with Gasteiger partial charge in [0.15, 0.2) is 12.7 Å². The van der Waals surface area contributed by atoms with E-state index in [0.717, 1.165) is 14.0 Å². The van der Waals surface area contributed by atoms with E-state index in [1.807, 2.05) is 0 Å². The van der Waals surface area contributed by atoms with Gasteiger partial charge in [-0.25, -0.2) is 9.59 Å². The fraction of sp³-hybridized carbons (Fsp3) is 0.636. The molecule has 0 rings (SSSR count). The van der Waals surface area contributed by atoms with Crippen molar-refractivity contribution in [2.24, 2.45) is 0 Å². The summed E-state index contributed by atoms with van der Waals surface area (Å²) >= 11 is 2.71. The lowest BCUT2D eigenvalue weighted by Gasteiger charge is -2.22. The molecule has 1 atom stereocenters. The molecule has 0 saturated heterocycles. The number of carbonyl (C=O) groups excluding carboxylic acids is 2. The molecule has 1 unspecified atom stereocenters. The van der Waals surface area contributed by atoms with Gasteiger partial charge in [-0.15, -0.1) is 12.6 Å². The lowest BCUT2D eigenvalue weighted by atomic mass is 10.2. The van der Waals surface area contributed by atoms with Crippen molar-refractivity contribution >= 4 is 24.6 Å². The summed E-state index contributed by atoms with van der Waals surface area (Å²) in [5, 5.41) is 3.27. The highest BCUT2D eigenvalue weighted by molar-refractivity contribution is 7.81. The van der Waals surface area contributed by atoms with E-state index in [9.17, 15) is 27.2 Å². The number of alkyl halides is 4. The Balaban J connectivity index is 0. The maximum Gasteiger partial charge on any atom is 0.381 e. The Hall–Kier alpha value is -1.29. The van der Waals surface area contributed by atoms with Crippen LogP contribution < -0.4 is 0 Å². The van der Waals surface area contributed by atoms with Gasteiger partial charge < -0.3 is 14.6 Å². The van der Waals surface area contributed by atoms with E-state index < -0.39 is 35.8 Å². The monoisotopic (exact) mass is 336 g/mol. The Morgan fingerprint density at radius 2 is 1.71 bits per heavy atom. The van der Waals surface area contributed by atoms with Gasteiger partial charge in [0.1, 0.15) is 0 Å². The fourth-order valence-corrected chi connectivity index (χ4v) is 0.814. The lowest BCUT2D eigenvalue weighted by molar-refractivity contribution is -0.197. The van der Waals surface area contributed by atoms with Crippen LogP contribution in [0.5, 0.6) is 0 Å². The molecule has 0 aromatic rings. The quantitative estimate of drug-likeness (QED) is 0.335. The zero-order valence-corrected chi connectivity index (χ0v) is 12.4.